The number of aryl methyl sites for hydroxylation is 2. The largest absolute Gasteiger partial charge is 0.415 e. The van der Waals surface area contributed by atoms with Gasteiger partial charge in [-0.05, 0) is 37.7 Å². The van der Waals surface area contributed by atoms with Crippen LogP contribution in [0, 0.1) is 5.92 Å². The fraction of sp³-hybridized carbons (Fsp3) is 0.591. The van der Waals surface area contributed by atoms with E-state index in [1.807, 2.05) is 0 Å². The van der Waals surface area contributed by atoms with E-state index >= 15 is 0 Å². The molecule has 0 aliphatic heterocycles. The fourth-order valence-corrected chi connectivity index (χ4v) is 7.72. The monoisotopic (exact) mass is 594 g/mol. The molecule has 3 aliphatic carbocycles. The maximum Gasteiger partial charge on any atom is 0.388 e. The molecule has 212 valence electrons. The number of carbonyl (C=O) groups excluding carboxylic acids is 1. The third-order valence-corrected chi connectivity index (χ3v) is 9.65. The number of aliphatic imine (C=N–C) groups is 2. The maximum absolute atomic E-state index is 13.4. The van der Waals surface area contributed by atoms with Crippen molar-refractivity contribution in [3.8, 4) is 5.88 Å². The Bertz CT molecular complexity index is 1450. The number of hydrogen-bond donors (Lipinski definition) is 2. The summed E-state index contributed by atoms with van der Waals surface area (Å²) in [5.74, 6) is -5.80. The number of rotatable bonds is 9. The van der Waals surface area contributed by atoms with Crippen molar-refractivity contribution in [1.82, 2.24) is 14.5 Å². The zero-order valence-corrected chi connectivity index (χ0v) is 22.0. The highest BCUT2D eigenvalue weighted by Gasteiger charge is 2.61. The van der Waals surface area contributed by atoms with Crippen LogP contribution in [-0.2, 0) is 34.7 Å². The van der Waals surface area contributed by atoms with Gasteiger partial charge in [-0.2, -0.15) is 13.8 Å². The number of thiophene rings is 1. The molecule has 10 nitrogen and oxygen atoms in total. The summed E-state index contributed by atoms with van der Waals surface area (Å²) < 4.78 is 99.6. The summed E-state index contributed by atoms with van der Waals surface area (Å²) in [6, 6.07) is 2.58. The minimum absolute atomic E-state index is 0.0169. The SMILES string of the molecule is Cn1nc(OC(F)F)cc1N=C=N[C@H]1CCc2sc(NC(=O)C3CC3(F)F)c(S(=O)(=O)NC3CC(F)C3)c2C1. The molecule has 1 unspecified atom stereocenters. The van der Waals surface area contributed by atoms with E-state index < -0.39 is 59.1 Å². The number of alkyl halides is 5. The molecule has 3 aliphatic rings. The lowest BCUT2D eigenvalue weighted by Gasteiger charge is -2.30. The molecule has 2 aromatic rings. The van der Waals surface area contributed by atoms with E-state index in [9.17, 15) is 35.2 Å². The number of sulfonamides is 1. The Morgan fingerprint density at radius 1 is 1.36 bits per heavy atom. The highest BCUT2D eigenvalue weighted by Crippen LogP contribution is 2.50. The van der Waals surface area contributed by atoms with Crippen molar-refractivity contribution in [1.29, 1.82) is 0 Å². The van der Waals surface area contributed by atoms with Crippen LogP contribution in [0.5, 0.6) is 5.88 Å². The lowest BCUT2D eigenvalue weighted by molar-refractivity contribution is -0.119. The van der Waals surface area contributed by atoms with Crippen LogP contribution in [0.25, 0.3) is 0 Å². The normalized spacial score (nSPS) is 25.3. The first-order valence-electron chi connectivity index (χ1n) is 12.0. The van der Waals surface area contributed by atoms with Crippen LogP contribution in [0.2, 0.25) is 0 Å². The van der Waals surface area contributed by atoms with E-state index in [0.717, 1.165) is 11.3 Å². The molecule has 0 spiro atoms. The van der Waals surface area contributed by atoms with Crippen LogP contribution < -0.4 is 14.8 Å². The maximum atomic E-state index is 13.4. The van der Waals surface area contributed by atoms with Crippen LogP contribution in [-0.4, -0.2) is 60.9 Å². The van der Waals surface area contributed by atoms with Crippen molar-refractivity contribution < 1.29 is 39.9 Å². The Hall–Kier alpha value is -2.88. The lowest BCUT2D eigenvalue weighted by atomic mass is 9.92. The van der Waals surface area contributed by atoms with Gasteiger partial charge in [-0.15, -0.1) is 16.4 Å². The third-order valence-electron chi connectivity index (χ3n) is 6.68. The van der Waals surface area contributed by atoms with Crippen molar-refractivity contribution in [3.63, 3.8) is 0 Å². The molecular formula is C22H23F5N6O4S2. The van der Waals surface area contributed by atoms with E-state index in [-0.39, 0.29) is 40.9 Å². The molecule has 2 atom stereocenters. The molecule has 2 fully saturated rings. The summed E-state index contributed by atoms with van der Waals surface area (Å²) in [5, 5.41) is 6.06. The molecule has 2 aromatic heterocycles. The predicted molar refractivity (Wildman–Crippen MR) is 129 cm³/mol. The van der Waals surface area contributed by atoms with Gasteiger partial charge in [-0.1, -0.05) is 0 Å². The van der Waals surface area contributed by atoms with Gasteiger partial charge < -0.3 is 10.1 Å². The zero-order chi connectivity index (χ0) is 28.1. The van der Waals surface area contributed by atoms with Crippen molar-refractivity contribution in [2.45, 2.75) is 74.2 Å². The first kappa shape index (κ1) is 27.7. The minimum atomic E-state index is -4.23. The molecule has 39 heavy (non-hydrogen) atoms. The van der Waals surface area contributed by atoms with Crippen LogP contribution in [0.4, 0.5) is 32.8 Å². The van der Waals surface area contributed by atoms with Crippen molar-refractivity contribution >= 4 is 44.1 Å². The number of ether oxygens (including phenoxy) is 1. The summed E-state index contributed by atoms with van der Waals surface area (Å²) in [7, 11) is -2.77. The first-order valence-corrected chi connectivity index (χ1v) is 14.3. The van der Waals surface area contributed by atoms with Crippen molar-refractivity contribution in [2.24, 2.45) is 23.0 Å². The minimum Gasteiger partial charge on any atom is -0.415 e. The number of nitrogens with zero attached hydrogens (tertiary/aromatic N) is 4. The molecule has 2 N–H and O–H groups in total. The molecule has 17 heteroatoms. The van der Waals surface area contributed by atoms with E-state index in [1.54, 1.807) is 0 Å². The third kappa shape index (κ3) is 6.00. The number of nitrogens with one attached hydrogen (secondary N) is 2. The number of halogens is 5. The van der Waals surface area contributed by atoms with Gasteiger partial charge in [0, 0.05) is 30.5 Å². The molecular weight excluding hydrogens is 571 g/mol. The smallest absolute Gasteiger partial charge is 0.388 e. The highest BCUT2D eigenvalue weighted by molar-refractivity contribution is 7.90. The van der Waals surface area contributed by atoms with E-state index in [1.165, 1.54) is 17.8 Å². The number of fused-ring (bicyclic) bond motifs is 1. The molecule has 0 aromatic carbocycles. The summed E-state index contributed by atoms with van der Waals surface area (Å²) >= 11 is 1.01. The Labute approximate surface area is 223 Å². The van der Waals surface area contributed by atoms with Crippen molar-refractivity contribution in [3.05, 3.63) is 16.5 Å². The van der Waals surface area contributed by atoms with Gasteiger partial charge in [0.1, 0.15) is 22.0 Å². The van der Waals surface area contributed by atoms with Gasteiger partial charge in [0.15, 0.2) is 5.82 Å². The van der Waals surface area contributed by atoms with Gasteiger partial charge in [-0.25, -0.2) is 36.0 Å². The van der Waals surface area contributed by atoms with E-state index in [0.29, 0.717) is 23.3 Å². The van der Waals surface area contributed by atoms with Gasteiger partial charge >= 0.3 is 6.61 Å². The fourth-order valence-electron chi connectivity index (χ4n) is 4.48. The molecule has 1 amide bonds. The second-order valence-electron chi connectivity index (χ2n) is 9.64. The van der Waals surface area contributed by atoms with E-state index in [4.69, 9.17) is 0 Å². The van der Waals surface area contributed by atoms with Gasteiger partial charge in [0.25, 0.3) is 5.92 Å². The Kier molecular flexibility index (Phi) is 7.28. The van der Waals surface area contributed by atoms with Crippen LogP contribution in [0.3, 0.4) is 0 Å². The van der Waals surface area contributed by atoms with Crippen molar-refractivity contribution in [2.75, 3.05) is 5.32 Å². The summed E-state index contributed by atoms with van der Waals surface area (Å²) in [6.07, 6.45) is -0.683. The number of amides is 1. The average Bonchev–Trinajstić information content (AvgIpc) is 3.12. The topological polar surface area (TPSA) is 127 Å². The summed E-state index contributed by atoms with van der Waals surface area (Å²) in [4.78, 5) is 21.1. The molecule has 0 bridgehead atoms. The zero-order valence-electron chi connectivity index (χ0n) is 20.3. The number of hydrogen-bond acceptors (Lipinski definition) is 8. The van der Waals surface area contributed by atoms with Crippen LogP contribution in [0.1, 0.15) is 36.1 Å². The van der Waals surface area contributed by atoms with Gasteiger partial charge in [0.2, 0.25) is 21.8 Å². The standard InChI is InChI=1S/C22H23F5N6O4S2/c1-33-16(7-17(31-33)37-21(24)25)29-9-28-11-2-3-15-13(6-11)18(39(35,36)32-12-4-10(23)5-12)20(38-15)30-19(34)14-8-22(14,26)27/h7,10-12,14,21,32H,2-6,8H2,1H3,(H,30,34)/t10?,11-,12?,14?/m0/s1. The second-order valence-corrected chi connectivity index (χ2v) is 12.4. The predicted octanol–water partition coefficient (Wildman–Crippen LogP) is 3.82. The Balaban J connectivity index is 1.39. The summed E-state index contributed by atoms with van der Waals surface area (Å²) in [5.41, 5.74) is 0.386. The molecule has 0 saturated heterocycles. The second kappa shape index (κ2) is 10.3. The van der Waals surface area contributed by atoms with Gasteiger partial charge in [-0.3, -0.25) is 4.79 Å². The van der Waals surface area contributed by atoms with Crippen LogP contribution >= 0.6 is 11.3 Å². The van der Waals surface area contributed by atoms with Gasteiger partial charge in [0.05, 0.1) is 12.1 Å². The van der Waals surface area contributed by atoms with Crippen LogP contribution in [0.15, 0.2) is 20.9 Å². The number of carbonyl (C=O) groups is 1. The first-order chi connectivity index (χ1) is 18.3. The summed E-state index contributed by atoms with van der Waals surface area (Å²) in [6.45, 7) is -3.05. The number of aromatic nitrogens is 2. The van der Waals surface area contributed by atoms with E-state index in [2.05, 4.69) is 35.9 Å². The molecule has 2 saturated carbocycles. The quantitative estimate of drug-likeness (QED) is 0.337. The Morgan fingerprint density at radius 2 is 2.08 bits per heavy atom. The molecule has 0 radical (unpaired) electrons. The molecule has 5 rings (SSSR count). The Morgan fingerprint density at radius 3 is 2.72 bits per heavy atom. The molecule has 2 heterocycles. The highest BCUT2D eigenvalue weighted by atomic mass is 32.2. The average molecular weight is 595 g/mol. The number of anilines is 1. The lowest BCUT2D eigenvalue weighted by Crippen LogP contribution is -2.45.